The van der Waals surface area contributed by atoms with Crippen LogP contribution < -0.4 is 11.0 Å². The summed E-state index contributed by atoms with van der Waals surface area (Å²) >= 11 is 5.82. The van der Waals surface area contributed by atoms with Gasteiger partial charge in [-0.2, -0.15) is 26.3 Å². The van der Waals surface area contributed by atoms with Gasteiger partial charge in [0, 0.05) is 16.8 Å². The minimum atomic E-state index is -5.10. The molecule has 0 aliphatic carbocycles. The van der Waals surface area contributed by atoms with Gasteiger partial charge in [-0.15, -0.1) is 5.10 Å². The molecule has 1 aromatic heterocycles. The van der Waals surface area contributed by atoms with Crippen molar-refractivity contribution in [3.8, 4) is 11.4 Å². The number of carbonyl (C=O) groups excluding carboxylic acids is 1. The van der Waals surface area contributed by atoms with Crippen molar-refractivity contribution in [2.45, 2.75) is 37.6 Å². The van der Waals surface area contributed by atoms with Gasteiger partial charge in [-0.1, -0.05) is 29.8 Å². The summed E-state index contributed by atoms with van der Waals surface area (Å²) < 4.78 is 105. The Bertz CT molecular complexity index is 1530. The van der Waals surface area contributed by atoms with Crippen LogP contribution in [-0.4, -0.2) is 58.1 Å². The van der Waals surface area contributed by atoms with Crippen LogP contribution in [0, 0.1) is 0 Å². The summed E-state index contributed by atoms with van der Waals surface area (Å²) in [5.41, 5.74) is -2.90. The maximum Gasteiger partial charge on any atom is 0.416 e. The molecule has 1 amide bonds. The van der Waals surface area contributed by atoms with E-state index in [9.17, 15) is 49.5 Å². The number of nitrogens with one attached hydrogen (secondary N) is 1. The Kier molecular flexibility index (Phi) is 9.06. The lowest BCUT2D eigenvalue weighted by atomic mass is 10.0. The smallest absolute Gasteiger partial charge is 0.382 e. The highest BCUT2D eigenvalue weighted by molar-refractivity contribution is 7.90. The van der Waals surface area contributed by atoms with Gasteiger partial charge < -0.3 is 10.4 Å². The second kappa shape index (κ2) is 11.6. The highest BCUT2D eigenvalue weighted by Gasteiger charge is 2.40. The summed E-state index contributed by atoms with van der Waals surface area (Å²) in [4.78, 5) is 25.8. The van der Waals surface area contributed by atoms with Crippen molar-refractivity contribution in [2.24, 2.45) is 0 Å². The van der Waals surface area contributed by atoms with Gasteiger partial charge in [-0.05, 0) is 35.9 Å². The zero-order valence-electron chi connectivity index (χ0n) is 20.4. The van der Waals surface area contributed by atoms with Gasteiger partial charge in [0.25, 0.3) is 0 Å². The van der Waals surface area contributed by atoms with Crippen LogP contribution in [0.3, 0.4) is 0 Å². The van der Waals surface area contributed by atoms with Gasteiger partial charge >= 0.3 is 18.0 Å². The Morgan fingerprint density at radius 3 is 2.23 bits per heavy atom. The SMILES string of the molecule is CS(=O)(=O)CC(NC(=O)Cn1nc(-c2ccc(Cl)cc2)n(CC(O)C(F)(F)F)c1=O)c1ccccc1C(F)(F)F. The molecule has 0 bridgehead atoms. The average molecular weight is 615 g/mol. The molecule has 0 aliphatic heterocycles. The standard InChI is InChI=1S/C23H21ClF6N4O5S/c1-40(38,39)12-17(15-4-2-3-5-16(15)22(25,26)27)31-19(36)11-34-21(37)33(10-18(35)23(28,29)30)20(32-34)13-6-8-14(24)9-7-13/h2-9,17-18,35H,10-12H2,1H3,(H,31,36). The minimum absolute atomic E-state index is 0.101. The van der Waals surface area contributed by atoms with Crippen LogP contribution in [0.4, 0.5) is 26.3 Å². The molecule has 3 aromatic rings. The molecule has 2 atom stereocenters. The zero-order chi connectivity index (χ0) is 30.0. The average Bonchev–Trinajstić information content (AvgIpc) is 3.12. The predicted molar refractivity (Wildman–Crippen MR) is 131 cm³/mol. The number of sulfone groups is 1. The van der Waals surface area contributed by atoms with E-state index < -0.39 is 75.9 Å². The lowest BCUT2D eigenvalue weighted by Crippen LogP contribution is -2.40. The first kappa shape index (κ1) is 31.2. The van der Waals surface area contributed by atoms with E-state index in [4.69, 9.17) is 11.6 Å². The molecular formula is C23H21ClF6N4O5S. The van der Waals surface area contributed by atoms with E-state index in [0.717, 1.165) is 18.4 Å². The van der Waals surface area contributed by atoms with E-state index >= 15 is 0 Å². The van der Waals surface area contributed by atoms with E-state index in [0.29, 0.717) is 15.3 Å². The molecule has 3 rings (SSSR count). The first-order valence-electron chi connectivity index (χ1n) is 11.2. The summed E-state index contributed by atoms with van der Waals surface area (Å²) in [5.74, 6) is -2.45. The number of hydrogen-bond acceptors (Lipinski definition) is 6. The third-order valence-electron chi connectivity index (χ3n) is 5.50. The number of benzene rings is 2. The van der Waals surface area contributed by atoms with Gasteiger partial charge in [-0.25, -0.2) is 17.9 Å². The first-order valence-corrected chi connectivity index (χ1v) is 13.6. The molecule has 1 heterocycles. The van der Waals surface area contributed by atoms with Crippen molar-refractivity contribution in [1.29, 1.82) is 0 Å². The fourth-order valence-corrected chi connectivity index (χ4v) is 4.74. The van der Waals surface area contributed by atoms with E-state index in [2.05, 4.69) is 10.4 Å². The van der Waals surface area contributed by atoms with Crippen molar-refractivity contribution in [1.82, 2.24) is 19.7 Å². The van der Waals surface area contributed by atoms with Crippen molar-refractivity contribution >= 4 is 27.3 Å². The van der Waals surface area contributed by atoms with E-state index in [-0.39, 0.29) is 16.4 Å². The summed E-state index contributed by atoms with van der Waals surface area (Å²) in [5, 5.41) is 15.8. The Morgan fingerprint density at radius 2 is 1.68 bits per heavy atom. The molecule has 218 valence electrons. The highest BCUT2D eigenvalue weighted by Crippen LogP contribution is 2.35. The van der Waals surface area contributed by atoms with Gasteiger partial charge in [0.2, 0.25) is 5.91 Å². The second-order valence-electron chi connectivity index (χ2n) is 8.74. The van der Waals surface area contributed by atoms with Crippen molar-refractivity contribution in [3.63, 3.8) is 0 Å². The number of halogens is 7. The van der Waals surface area contributed by atoms with Crippen LogP contribution in [0.25, 0.3) is 11.4 Å². The Hall–Kier alpha value is -3.37. The van der Waals surface area contributed by atoms with Crippen LogP contribution in [0.2, 0.25) is 5.02 Å². The first-order chi connectivity index (χ1) is 18.4. The van der Waals surface area contributed by atoms with Crippen LogP contribution >= 0.6 is 11.6 Å². The summed E-state index contributed by atoms with van der Waals surface area (Å²) in [6.45, 7) is -2.28. The maximum absolute atomic E-state index is 13.6. The van der Waals surface area contributed by atoms with Gasteiger partial charge in [-0.3, -0.25) is 9.36 Å². The molecule has 0 aliphatic rings. The van der Waals surface area contributed by atoms with Gasteiger partial charge in [0.05, 0.1) is 23.9 Å². The molecule has 17 heteroatoms. The Labute approximate surface area is 227 Å². The molecule has 0 fully saturated rings. The van der Waals surface area contributed by atoms with Crippen LogP contribution in [0.1, 0.15) is 17.2 Å². The molecule has 2 unspecified atom stereocenters. The number of aromatic nitrogens is 3. The van der Waals surface area contributed by atoms with Gasteiger partial charge in [0.15, 0.2) is 11.9 Å². The number of carbonyl (C=O) groups is 1. The number of hydrogen-bond donors (Lipinski definition) is 2. The molecule has 2 aromatic carbocycles. The lowest BCUT2D eigenvalue weighted by molar-refractivity contribution is -0.207. The van der Waals surface area contributed by atoms with Crippen molar-refractivity contribution in [2.75, 3.05) is 12.0 Å². The Balaban J connectivity index is 1.99. The second-order valence-corrected chi connectivity index (χ2v) is 11.4. The minimum Gasteiger partial charge on any atom is -0.382 e. The highest BCUT2D eigenvalue weighted by atomic mass is 35.5. The quantitative estimate of drug-likeness (QED) is 0.357. The normalized spacial score (nSPS) is 14.1. The Morgan fingerprint density at radius 1 is 1.07 bits per heavy atom. The van der Waals surface area contributed by atoms with E-state index in [1.165, 1.54) is 30.3 Å². The molecule has 2 N–H and O–H groups in total. The third-order valence-corrected chi connectivity index (χ3v) is 6.69. The molecular weight excluding hydrogens is 594 g/mol. The topological polar surface area (TPSA) is 123 Å². The number of nitrogens with zero attached hydrogens (tertiary/aromatic N) is 3. The fraction of sp³-hybridized carbons (Fsp3) is 0.348. The van der Waals surface area contributed by atoms with Crippen molar-refractivity contribution in [3.05, 3.63) is 75.2 Å². The number of alkyl halides is 6. The lowest BCUT2D eigenvalue weighted by Gasteiger charge is -2.22. The molecule has 40 heavy (non-hydrogen) atoms. The van der Waals surface area contributed by atoms with Crippen LogP contribution in [0.5, 0.6) is 0 Å². The maximum atomic E-state index is 13.6. The zero-order valence-corrected chi connectivity index (χ0v) is 21.9. The predicted octanol–water partition coefficient (Wildman–Crippen LogP) is 3.21. The van der Waals surface area contributed by atoms with Crippen LogP contribution in [0.15, 0.2) is 53.3 Å². The van der Waals surface area contributed by atoms with E-state index in [1.807, 2.05) is 0 Å². The molecule has 0 radical (unpaired) electrons. The number of amides is 1. The number of rotatable bonds is 9. The summed E-state index contributed by atoms with van der Waals surface area (Å²) in [6, 6.07) is 7.62. The fourth-order valence-electron chi connectivity index (χ4n) is 3.74. The van der Waals surface area contributed by atoms with Gasteiger partial charge in [0.1, 0.15) is 16.4 Å². The van der Waals surface area contributed by atoms with Crippen LogP contribution in [-0.2, 0) is 33.9 Å². The number of aliphatic hydroxyl groups excluding tert-OH is 1. The third kappa shape index (κ3) is 7.85. The largest absolute Gasteiger partial charge is 0.416 e. The molecule has 9 nitrogen and oxygen atoms in total. The van der Waals surface area contributed by atoms with E-state index in [1.54, 1.807) is 0 Å². The molecule has 0 saturated heterocycles. The molecule has 0 saturated carbocycles. The molecule has 0 spiro atoms. The van der Waals surface area contributed by atoms with Crippen molar-refractivity contribution < 1.29 is 44.7 Å². The number of aliphatic hydroxyl groups is 1. The monoisotopic (exact) mass is 614 g/mol. The summed E-state index contributed by atoms with van der Waals surface area (Å²) in [6.07, 6.45) is -12.2. The summed E-state index contributed by atoms with van der Waals surface area (Å²) in [7, 11) is -3.95.